The van der Waals surface area contributed by atoms with Crippen LogP contribution in [-0.2, 0) is 0 Å². The van der Waals surface area contributed by atoms with E-state index in [4.69, 9.17) is 9.97 Å². The SMILES string of the molecule is c1ccc(-c2cc(-c3ccccc3)cc(-c3cccc(-c4cc(-c5ccccc5)nc(-c5ccc6c7c8ccccc8c(-c8ccccc8)cc7n(-c7ccccc7)c6c5)n4)c3)c2)cc1. The minimum absolute atomic E-state index is 0.672. The molecule has 10 aromatic carbocycles. The van der Waals surface area contributed by atoms with Crippen LogP contribution in [0.25, 0.3) is 117 Å². The van der Waals surface area contributed by atoms with Crippen molar-refractivity contribution in [2.75, 3.05) is 0 Å². The molecule has 0 saturated carbocycles. The van der Waals surface area contributed by atoms with Crippen molar-refractivity contribution in [1.29, 1.82) is 0 Å². The maximum atomic E-state index is 5.41. The smallest absolute Gasteiger partial charge is 0.160 e. The topological polar surface area (TPSA) is 30.7 Å². The Kier molecular flexibility index (Phi) is 9.50. The van der Waals surface area contributed by atoms with Crippen molar-refractivity contribution in [3.63, 3.8) is 0 Å². The Morgan fingerprint density at radius 3 is 1.37 bits per heavy atom. The Hall–Kier alpha value is -8.66. The molecule has 0 radical (unpaired) electrons. The molecule has 3 nitrogen and oxygen atoms in total. The first kappa shape index (κ1) is 38.0. The Bertz CT molecular complexity index is 3620. The van der Waals surface area contributed by atoms with Crippen LogP contribution in [0.4, 0.5) is 0 Å². The molecule has 0 aliphatic rings. The molecule has 0 N–H and O–H groups in total. The first-order valence-electron chi connectivity index (χ1n) is 22.1. The highest BCUT2D eigenvalue weighted by Crippen LogP contribution is 2.43. The first-order valence-corrected chi connectivity index (χ1v) is 22.1. The lowest BCUT2D eigenvalue weighted by Crippen LogP contribution is -1.97. The molecule has 0 bridgehead atoms. The number of rotatable bonds is 8. The molecular weight excluding hydrogens is 787 g/mol. The summed E-state index contributed by atoms with van der Waals surface area (Å²) in [4.78, 5) is 10.7. The van der Waals surface area contributed by atoms with Crippen molar-refractivity contribution in [1.82, 2.24) is 14.5 Å². The summed E-state index contributed by atoms with van der Waals surface area (Å²) in [6.07, 6.45) is 0. The van der Waals surface area contributed by atoms with Gasteiger partial charge in [-0.3, -0.25) is 0 Å². The predicted octanol–water partition coefficient (Wildman–Crippen LogP) is 16.4. The zero-order valence-electron chi connectivity index (χ0n) is 35.5. The minimum Gasteiger partial charge on any atom is -0.309 e. The van der Waals surface area contributed by atoms with Gasteiger partial charge >= 0.3 is 0 Å². The molecule has 2 heterocycles. The van der Waals surface area contributed by atoms with Crippen molar-refractivity contribution in [2.24, 2.45) is 0 Å². The number of hydrogen-bond acceptors (Lipinski definition) is 2. The maximum Gasteiger partial charge on any atom is 0.160 e. The molecule has 2 aromatic heterocycles. The van der Waals surface area contributed by atoms with Gasteiger partial charge in [0.05, 0.1) is 22.4 Å². The van der Waals surface area contributed by atoms with E-state index in [0.717, 1.165) is 55.9 Å². The zero-order chi connectivity index (χ0) is 43.1. The van der Waals surface area contributed by atoms with Crippen LogP contribution in [0.5, 0.6) is 0 Å². The normalized spacial score (nSPS) is 11.4. The average Bonchev–Trinajstić information content (AvgIpc) is 3.73. The van der Waals surface area contributed by atoms with Gasteiger partial charge in [-0.25, -0.2) is 9.97 Å². The second kappa shape index (κ2) is 16.2. The molecule has 65 heavy (non-hydrogen) atoms. The van der Waals surface area contributed by atoms with Crippen molar-refractivity contribution < 1.29 is 0 Å². The average molecular weight is 828 g/mol. The molecule has 0 aliphatic carbocycles. The van der Waals surface area contributed by atoms with Gasteiger partial charge in [-0.05, 0) is 110 Å². The summed E-state index contributed by atoms with van der Waals surface area (Å²) in [7, 11) is 0. The van der Waals surface area contributed by atoms with Gasteiger partial charge in [0.2, 0.25) is 0 Å². The summed E-state index contributed by atoms with van der Waals surface area (Å²) >= 11 is 0. The number of nitrogens with zero attached hydrogens (tertiary/aromatic N) is 3. The van der Waals surface area contributed by atoms with E-state index in [0.29, 0.717) is 5.82 Å². The molecule has 3 heteroatoms. The van der Waals surface area contributed by atoms with E-state index in [1.165, 1.54) is 54.9 Å². The van der Waals surface area contributed by atoms with Crippen LogP contribution in [0.15, 0.2) is 249 Å². The zero-order valence-corrected chi connectivity index (χ0v) is 35.5. The molecule has 0 spiro atoms. The molecule has 0 aliphatic heterocycles. The van der Waals surface area contributed by atoms with Gasteiger partial charge in [-0.1, -0.05) is 194 Å². The highest BCUT2D eigenvalue weighted by Gasteiger charge is 2.20. The van der Waals surface area contributed by atoms with Crippen LogP contribution in [0.3, 0.4) is 0 Å². The highest BCUT2D eigenvalue weighted by molar-refractivity contribution is 6.24. The van der Waals surface area contributed by atoms with Crippen molar-refractivity contribution in [3.8, 4) is 84.1 Å². The van der Waals surface area contributed by atoms with Crippen molar-refractivity contribution in [3.05, 3.63) is 249 Å². The lowest BCUT2D eigenvalue weighted by atomic mass is 9.92. The number of para-hydroxylation sites is 1. The quantitative estimate of drug-likeness (QED) is 0.153. The summed E-state index contributed by atoms with van der Waals surface area (Å²) in [5, 5.41) is 4.87. The maximum absolute atomic E-state index is 5.41. The lowest BCUT2D eigenvalue weighted by Gasteiger charge is -2.13. The Balaban J connectivity index is 1.05. The van der Waals surface area contributed by atoms with E-state index >= 15 is 0 Å². The van der Waals surface area contributed by atoms with Gasteiger partial charge < -0.3 is 4.57 Å². The molecule has 0 fully saturated rings. The van der Waals surface area contributed by atoms with Crippen LogP contribution in [0.1, 0.15) is 0 Å². The van der Waals surface area contributed by atoms with Gasteiger partial charge in [0.25, 0.3) is 0 Å². The van der Waals surface area contributed by atoms with Crippen LogP contribution in [-0.4, -0.2) is 14.5 Å². The summed E-state index contributed by atoms with van der Waals surface area (Å²) in [6.45, 7) is 0. The van der Waals surface area contributed by atoms with E-state index in [9.17, 15) is 0 Å². The van der Waals surface area contributed by atoms with Gasteiger partial charge in [-0.15, -0.1) is 0 Å². The van der Waals surface area contributed by atoms with E-state index in [2.05, 4.69) is 247 Å². The Labute approximate surface area is 378 Å². The fourth-order valence-electron chi connectivity index (χ4n) is 9.46. The molecule has 0 saturated heterocycles. The molecular formula is C62H41N3. The van der Waals surface area contributed by atoms with E-state index in [1.54, 1.807) is 0 Å². The first-order chi connectivity index (χ1) is 32.2. The fraction of sp³-hybridized carbons (Fsp3) is 0. The molecule has 12 aromatic rings. The summed E-state index contributed by atoms with van der Waals surface area (Å²) in [5.74, 6) is 0.672. The van der Waals surface area contributed by atoms with Crippen LogP contribution < -0.4 is 0 Å². The monoisotopic (exact) mass is 827 g/mol. The highest BCUT2D eigenvalue weighted by atomic mass is 15.0. The van der Waals surface area contributed by atoms with Gasteiger partial charge in [0.1, 0.15) is 0 Å². The van der Waals surface area contributed by atoms with Gasteiger partial charge in [-0.2, -0.15) is 0 Å². The van der Waals surface area contributed by atoms with Gasteiger partial charge in [0.15, 0.2) is 5.82 Å². The van der Waals surface area contributed by atoms with Crippen LogP contribution in [0, 0.1) is 0 Å². The summed E-state index contributed by atoms with van der Waals surface area (Å²) in [5.41, 5.74) is 17.5. The van der Waals surface area contributed by atoms with E-state index < -0.39 is 0 Å². The predicted molar refractivity (Wildman–Crippen MR) is 272 cm³/mol. The van der Waals surface area contributed by atoms with Crippen molar-refractivity contribution in [2.45, 2.75) is 0 Å². The Morgan fingerprint density at radius 1 is 0.262 bits per heavy atom. The summed E-state index contributed by atoms with van der Waals surface area (Å²) in [6, 6.07) is 88.8. The number of aromatic nitrogens is 3. The number of benzene rings is 10. The third-order valence-electron chi connectivity index (χ3n) is 12.6. The van der Waals surface area contributed by atoms with Gasteiger partial charge in [0, 0.05) is 33.2 Å². The second-order valence-corrected chi connectivity index (χ2v) is 16.6. The number of fused-ring (bicyclic) bond motifs is 5. The Morgan fingerprint density at radius 2 is 0.738 bits per heavy atom. The fourth-order valence-corrected chi connectivity index (χ4v) is 9.46. The molecule has 304 valence electrons. The minimum atomic E-state index is 0.672. The molecule has 0 unspecified atom stereocenters. The third kappa shape index (κ3) is 7.06. The van der Waals surface area contributed by atoms with Crippen LogP contribution >= 0.6 is 0 Å². The largest absolute Gasteiger partial charge is 0.309 e. The lowest BCUT2D eigenvalue weighted by molar-refractivity contribution is 1.17. The number of hydrogen-bond donors (Lipinski definition) is 0. The molecule has 0 atom stereocenters. The van der Waals surface area contributed by atoms with Crippen molar-refractivity contribution >= 4 is 32.6 Å². The van der Waals surface area contributed by atoms with E-state index in [1.807, 2.05) is 6.07 Å². The molecule has 12 rings (SSSR count). The van der Waals surface area contributed by atoms with E-state index in [-0.39, 0.29) is 0 Å². The van der Waals surface area contributed by atoms with Crippen LogP contribution in [0.2, 0.25) is 0 Å². The standard InChI is InChI=1S/C62H41N3/c1-6-19-42(20-7-1)49-36-50(43-21-8-2-9-22-43)38-51(37-49)46-27-18-28-47(35-46)58-41-57(45-25-12-4-13-26-45)63-62(64-58)48-33-34-55-59(39-48)65(52-29-14-5-15-30-52)60-40-56(44-23-10-3-11-24-44)53-31-16-17-32-54(53)61(55)60/h1-41H. The summed E-state index contributed by atoms with van der Waals surface area (Å²) < 4.78 is 2.41. The third-order valence-corrected chi connectivity index (χ3v) is 12.6. The second-order valence-electron chi connectivity index (χ2n) is 16.6. The molecule has 0 amide bonds.